The van der Waals surface area contributed by atoms with Crippen LogP contribution in [0.5, 0.6) is 0 Å². The lowest BCUT2D eigenvalue weighted by Gasteiger charge is -2.29. The number of hydrogen-bond acceptors (Lipinski definition) is 3. The number of unbranched alkanes of at least 4 members (excludes halogenated alkanes) is 1. The molecule has 0 aromatic rings. The molecule has 0 spiro atoms. The van der Waals surface area contributed by atoms with Crippen molar-refractivity contribution in [2.75, 3.05) is 19.6 Å². The largest absolute Gasteiger partial charge is 0.401 e. The molecule has 0 radical (unpaired) electrons. The average Bonchev–Trinajstić information content (AvgIpc) is 2.31. The number of carbonyl (C=O) groups excluding carboxylic acids is 1. The average molecular weight is 311 g/mol. The van der Waals surface area contributed by atoms with Gasteiger partial charge in [0, 0.05) is 6.04 Å². The van der Waals surface area contributed by atoms with Gasteiger partial charge < -0.3 is 11.1 Å². The Balaban J connectivity index is 4.29. The maximum Gasteiger partial charge on any atom is 0.401 e. The summed E-state index contributed by atoms with van der Waals surface area (Å²) in [5.41, 5.74) is 4.58. The third-order valence-corrected chi connectivity index (χ3v) is 3.60. The van der Waals surface area contributed by atoms with Crippen LogP contribution in [0.25, 0.3) is 0 Å². The van der Waals surface area contributed by atoms with E-state index in [4.69, 9.17) is 5.73 Å². The van der Waals surface area contributed by atoms with Crippen molar-refractivity contribution in [3.8, 4) is 0 Å². The van der Waals surface area contributed by atoms with Crippen molar-refractivity contribution in [3.05, 3.63) is 0 Å². The molecule has 0 heterocycles. The molecule has 7 heteroatoms. The van der Waals surface area contributed by atoms with Gasteiger partial charge in [-0.3, -0.25) is 9.69 Å². The molecular weight excluding hydrogens is 283 g/mol. The van der Waals surface area contributed by atoms with E-state index in [0.29, 0.717) is 32.4 Å². The first-order valence-electron chi connectivity index (χ1n) is 7.37. The molecule has 0 saturated carbocycles. The highest BCUT2D eigenvalue weighted by Crippen LogP contribution is 2.19. The number of hydrogen-bond donors (Lipinski definition) is 2. The molecule has 0 aliphatic rings. The zero-order valence-electron chi connectivity index (χ0n) is 13.4. The highest BCUT2D eigenvalue weighted by molar-refractivity contribution is 5.84. The summed E-state index contributed by atoms with van der Waals surface area (Å²) in [5, 5.41) is 3.04. The van der Waals surface area contributed by atoms with Gasteiger partial charge in [0.2, 0.25) is 5.91 Å². The zero-order chi connectivity index (χ0) is 16.7. The molecule has 0 aromatic carbocycles. The molecule has 1 amide bonds. The fourth-order valence-corrected chi connectivity index (χ4v) is 2.23. The number of nitrogens with one attached hydrogen (secondary N) is 1. The van der Waals surface area contributed by atoms with Gasteiger partial charge in [-0.05, 0) is 53.1 Å². The summed E-state index contributed by atoms with van der Waals surface area (Å²) in [6.45, 7) is 7.18. The molecule has 21 heavy (non-hydrogen) atoms. The van der Waals surface area contributed by atoms with Gasteiger partial charge in [0.05, 0.1) is 12.1 Å². The van der Waals surface area contributed by atoms with Crippen molar-refractivity contribution >= 4 is 5.91 Å². The predicted octanol–water partition coefficient (Wildman–Crippen LogP) is 2.28. The fraction of sp³-hybridized carbons (Fsp3) is 0.929. The summed E-state index contributed by atoms with van der Waals surface area (Å²) in [6.07, 6.45) is -2.42. The quantitative estimate of drug-likeness (QED) is 0.609. The molecule has 0 aliphatic heterocycles. The summed E-state index contributed by atoms with van der Waals surface area (Å²) in [7, 11) is 0. The van der Waals surface area contributed by atoms with Crippen LogP contribution < -0.4 is 11.1 Å². The number of halogens is 3. The number of nitrogens with zero attached hydrogens (tertiary/aromatic N) is 1. The third-order valence-electron chi connectivity index (χ3n) is 3.60. The Morgan fingerprint density at radius 2 is 1.86 bits per heavy atom. The maximum absolute atomic E-state index is 12.5. The second-order valence-electron chi connectivity index (χ2n) is 5.86. The summed E-state index contributed by atoms with van der Waals surface area (Å²) in [5.74, 6) is -0.430. The van der Waals surface area contributed by atoms with Crippen molar-refractivity contribution in [3.63, 3.8) is 0 Å². The molecule has 0 fully saturated rings. The Labute approximate surface area is 125 Å². The molecule has 0 saturated heterocycles. The normalized spacial score (nSPS) is 15.5. The van der Waals surface area contributed by atoms with Crippen LogP contribution in [0, 0.1) is 0 Å². The molecule has 0 bridgehead atoms. The minimum atomic E-state index is -4.18. The van der Waals surface area contributed by atoms with Crippen LogP contribution in [0.3, 0.4) is 0 Å². The van der Waals surface area contributed by atoms with Crippen molar-refractivity contribution in [1.82, 2.24) is 10.2 Å². The lowest BCUT2D eigenvalue weighted by atomic mass is 9.94. The predicted molar refractivity (Wildman–Crippen MR) is 77.9 cm³/mol. The van der Waals surface area contributed by atoms with E-state index in [9.17, 15) is 18.0 Å². The Morgan fingerprint density at radius 3 is 2.24 bits per heavy atom. The monoisotopic (exact) mass is 311 g/mol. The first kappa shape index (κ1) is 20.2. The number of rotatable bonds is 10. The van der Waals surface area contributed by atoms with E-state index in [-0.39, 0.29) is 6.04 Å². The van der Waals surface area contributed by atoms with E-state index in [1.54, 1.807) is 20.8 Å². The second kappa shape index (κ2) is 8.58. The minimum absolute atomic E-state index is 0.164. The molecule has 0 rings (SSSR count). The Hall–Kier alpha value is -0.820. The highest BCUT2D eigenvalue weighted by Gasteiger charge is 2.32. The van der Waals surface area contributed by atoms with E-state index in [1.807, 2.05) is 6.92 Å². The summed E-state index contributed by atoms with van der Waals surface area (Å²) in [4.78, 5) is 12.8. The van der Waals surface area contributed by atoms with Gasteiger partial charge in [0.1, 0.15) is 0 Å². The number of alkyl halides is 3. The molecule has 0 aliphatic carbocycles. The SMILES string of the molecule is CCNC(C)(CCCCN(CC(F)(F)F)C(C)C)C(N)=O. The van der Waals surface area contributed by atoms with Crippen LogP contribution >= 0.6 is 0 Å². The van der Waals surface area contributed by atoms with Gasteiger partial charge in [-0.25, -0.2) is 0 Å². The van der Waals surface area contributed by atoms with Crippen molar-refractivity contribution in [2.24, 2.45) is 5.73 Å². The van der Waals surface area contributed by atoms with Crippen LogP contribution in [-0.4, -0.2) is 48.2 Å². The lowest BCUT2D eigenvalue weighted by molar-refractivity contribution is -0.149. The number of likely N-dealkylation sites (N-methyl/N-ethyl adjacent to an activating group) is 1. The highest BCUT2D eigenvalue weighted by atomic mass is 19.4. The van der Waals surface area contributed by atoms with Gasteiger partial charge in [0.15, 0.2) is 0 Å². The van der Waals surface area contributed by atoms with Gasteiger partial charge in [0.25, 0.3) is 0 Å². The Kier molecular flexibility index (Phi) is 8.25. The van der Waals surface area contributed by atoms with Crippen molar-refractivity contribution in [1.29, 1.82) is 0 Å². The smallest absolute Gasteiger partial charge is 0.368 e. The number of amides is 1. The van der Waals surface area contributed by atoms with E-state index >= 15 is 0 Å². The molecule has 4 nitrogen and oxygen atoms in total. The van der Waals surface area contributed by atoms with E-state index < -0.39 is 24.2 Å². The van der Waals surface area contributed by atoms with Gasteiger partial charge in [-0.15, -0.1) is 0 Å². The second-order valence-corrected chi connectivity index (χ2v) is 5.86. The van der Waals surface area contributed by atoms with Crippen LogP contribution in [0.1, 0.15) is 47.0 Å². The standard InChI is InChI=1S/C14H28F3N3O/c1-5-19-13(4,12(18)21)8-6-7-9-20(11(2)3)10-14(15,16)17/h11,19H,5-10H2,1-4H3,(H2,18,21). The summed E-state index contributed by atoms with van der Waals surface area (Å²) < 4.78 is 37.4. The third kappa shape index (κ3) is 8.26. The first-order valence-corrected chi connectivity index (χ1v) is 7.37. The molecule has 126 valence electrons. The Bertz CT molecular complexity index is 321. The topological polar surface area (TPSA) is 58.4 Å². The minimum Gasteiger partial charge on any atom is -0.368 e. The van der Waals surface area contributed by atoms with Gasteiger partial charge in [-0.2, -0.15) is 13.2 Å². The van der Waals surface area contributed by atoms with Gasteiger partial charge in [-0.1, -0.05) is 6.92 Å². The van der Waals surface area contributed by atoms with E-state index in [0.717, 1.165) is 0 Å². The molecular formula is C14H28F3N3O. The summed E-state index contributed by atoms with van der Waals surface area (Å²) in [6, 6.07) is -0.164. The first-order chi connectivity index (χ1) is 9.52. The van der Waals surface area contributed by atoms with E-state index in [2.05, 4.69) is 5.32 Å². The van der Waals surface area contributed by atoms with E-state index in [1.165, 1.54) is 4.90 Å². The number of carbonyl (C=O) groups is 1. The lowest BCUT2D eigenvalue weighted by Crippen LogP contribution is -2.53. The molecule has 3 N–H and O–H groups in total. The zero-order valence-corrected chi connectivity index (χ0v) is 13.4. The van der Waals surface area contributed by atoms with Crippen LogP contribution in [0.4, 0.5) is 13.2 Å². The van der Waals surface area contributed by atoms with Crippen LogP contribution in [0.15, 0.2) is 0 Å². The van der Waals surface area contributed by atoms with Crippen molar-refractivity contribution in [2.45, 2.75) is 64.7 Å². The molecule has 0 aromatic heterocycles. The van der Waals surface area contributed by atoms with Crippen molar-refractivity contribution < 1.29 is 18.0 Å². The number of primary amides is 1. The number of nitrogens with two attached hydrogens (primary N) is 1. The van der Waals surface area contributed by atoms with Gasteiger partial charge >= 0.3 is 6.18 Å². The van der Waals surface area contributed by atoms with Crippen LogP contribution in [-0.2, 0) is 4.79 Å². The maximum atomic E-state index is 12.5. The molecule has 1 unspecified atom stereocenters. The molecule has 1 atom stereocenters. The van der Waals surface area contributed by atoms with Crippen LogP contribution in [0.2, 0.25) is 0 Å². The Morgan fingerprint density at radius 1 is 1.29 bits per heavy atom. The fourth-order valence-electron chi connectivity index (χ4n) is 2.23. The summed E-state index contributed by atoms with van der Waals surface area (Å²) >= 11 is 0.